The van der Waals surface area contributed by atoms with E-state index in [-0.39, 0.29) is 18.2 Å². The molecule has 2 aromatic heterocycles. The van der Waals surface area contributed by atoms with E-state index < -0.39 is 0 Å². The van der Waals surface area contributed by atoms with Crippen molar-refractivity contribution in [2.24, 2.45) is 0 Å². The first-order chi connectivity index (χ1) is 14.2. The van der Waals surface area contributed by atoms with E-state index in [1.54, 1.807) is 31.7 Å². The molecule has 150 valence electrons. The number of ether oxygens (including phenoxy) is 1. The van der Waals surface area contributed by atoms with Gasteiger partial charge in [-0.15, -0.1) is 0 Å². The van der Waals surface area contributed by atoms with E-state index in [0.717, 1.165) is 37.3 Å². The van der Waals surface area contributed by atoms with Crippen molar-refractivity contribution in [1.29, 1.82) is 0 Å². The van der Waals surface area contributed by atoms with Gasteiger partial charge in [-0.3, -0.25) is 9.59 Å². The van der Waals surface area contributed by atoms with Gasteiger partial charge in [0, 0.05) is 38.2 Å². The first kappa shape index (κ1) is 19.1. The van der Waals surface area contributed by atoms with Gasteiger partial charge in [-0.05, 0) is 30.5 Å². The Morgan fingerprint density at radius 2 is 2.00 bits per heavy atom. The fourth-order valence-electron chi connectivity index (χ4n) is 3.53. The normalized spacial score (nSPS) is 14.7. The van der Waals surface area contributed by atoms with Gasteiger partial charge in [0.25, 0.3) is 5.91 Å². The van der Waals surface area contributed by atoms with Crippen LogP contribution in [-0.4, -0.2) is 46.6 Å². The second-order valence-electron chi connectivity index (χ2n) is 7.02. The minimum absolute atomic E-state index is 0.117. The lowest BCUT2D eigenvalue weighted by molar-refractivity contribution is -0.119. The number of carbonyl (C=O) groups excluding carboxylic acids is 2. The minimum Gasteiger partial charge on any atom is -0.381 e. The van der Waals surface area contributed by atoms with E-state index in [1.807, 2.05) is 18.2 Å². The molecule has 2 amide bonds. The van der Waals surface area contributed by atoms with E-state index >= 15 is 0 Å². The van der Waals surface area contributed by atoms with Crippen LogP contribution in [0.5, 0.6) is 0 Å². The summed E-state index contributed by atoms with van der Waals surface area (Å²) in [4.78, 5) is 33.4. The first-order valence-electron chi connectivity index (χ1n) is 9.66. The summed E-state index contributed by atoms with van der Waals surface area (Å²) >= 11 is 0. The summed E-state index contributed by atoms with van der Waals surface area (Å²) in [5, 5.41) is 5.48. The molecular weight excluding hydrogens is 370 g/mol. The average Bonchev–Trinajstić information content (AvgIpc) is 3.19. The van der Waals surface area contributed by atoms with E-state index in [9.17, 15) is 9.59 Å². The number of imidazole rings is 1. The van der Waals surface area contributed by atoms with Crippen LogP contribution in [0.15, 0.2) is 42.9 Å². The van der Waals surface area contributed by atoms with E-state index in [4.69, 9.17) is 4.74 Å². The quantitative estimate of drug-likeness (QED) is 0.693. The summed E-state index contributed by atoms with van der Waals surface area (Å²) in [7, 11) is 1.59. The molecule has 2 N–H and O–H groups in total. The highest BCUT2D eigenvalue weighted by Gasteiger charge is 2.19. The van der Waals surface area contributed by atoms with Crippen LogP contribution in [-0.2, 0) is 16.0 Å². The molecule has 0 unspecified atom stereocenters. The van der Waals surface area contributed by atoms with Gasteiger partial charge in [0.15, 0.2) is 5.65 Å². The Morgan fingerprint density at radius 3 is 2.79 bits per heavy atom. The molecule has 0 atom stereocenters. The second-order valence-corrected chi connectivity index (χ2v) is 7.02. The zero-order valence-corrected chi connectivity index (χ0v) is 16.2. The van der Waals surface area contributed by atoms with Crippen molar-refractivity contribution in [2.45, 2.75) is 25.3 Å². The van der Waals surface area contributed by atoms with Gasteiger partial charge in [0.05, 0.1) is 18.3 Å². The van der Waals surface area contributed by atoms with Gasteiger partial charge >= 0.3 is 0 Å². The molecule has 0 spiro atoms. The number of hydrogen-bond donors (Lipinski definition) is 2. The van der Waals surface area contributed by atoms with E-state index in [0.29, 0.717) is 22.8 Å². The molecule has 1 fully saturated rings. The number of amides is 2. The van der Waals surface area contributed by atoms with Gasteiger partial charge in [0.1, 0.15) is 5.52 Å². The third-order valence-electron chi connectivity index (χ3n) is 5.15. The Balaban J connectivity index is 1.54. The third kappa shape index (κ3) is 4.12. The van der Waals surface area contributed by atoms with Crippen molar-refractivity contribution in [2.75, 3.05) is 25.6 Å². The highest BCUT2D eigenvalue weighted by Crippen LogP contribution is 2.25. The Morgan fingerprint density at radius 1 is 1.21 bits per heavy atom. The Kier molecular flexibility index (Phi) is 5.53. The maximum atomic E-state index is 12.8. The second kappa shape index (κ2) is 8.40. The number of para-hydroxylation sites is 1. The van der Waals surface area contributed by atoms with Crippen LogP contribution < -0.4 is 10.6 Å². The van der Waals surface area contributed by atoms with Crippen LogP contribution >= 0.6 is 0 Å². The van der Waals surface area contributed by atoms with Crippen LogP contribution in [0.25, 0.3) is 11.2 Å². The van der Waals surface area contributed by atoms with Gasteiger partial charge < -0.3 is 19.9 Å². The number of carbonyl (C=O) groups is 2. The summed E-state index contributed by atoms with van der Waals surface area (Å²) in [6, 6.07) is 9.32. The topological polar surface area (TPSA) is 98.1 Å². The fourth-order valence-corrected chi connectivity index (χ4v) is 3.53. The third-order valence-corrected chi connectivity index (χ3v) is 5.15. The number of benzene rings is 1. The van der Waals surface area contributed by atoms with Gasteiger partial charge in [-0.25, -0.2) is 9.97 Å². The molecule has 3 heterocycles. The smallest absolute Gasteiger partial charge is 0.257 e. The molecule has 3 aromatic rings. The van der Waals surface area contributed by atoms with Gasteiger partial charge in [-0.1, -0.05) is 18.2 Å². The van der Waals surface area contributed by atoms with Crippen LogP contribution in [0, 0.1) is 0 Å². The van der Waals surface area contributed by atoms with Crippen molar-refractivity contribution in [3.63, 3.8) is 0 Å². The number of likely N-dealkylation sites (N-methyl/N-ethyl adjacent to an activating group) is 1. The zero-order valence-electron chi connectivity index (χ0n) is 16.2. The Labute approximate surface area is 168 Å². The molecule has 29 heavy (non-hydrogen) atoms. The van der Waals surface area contributed by atoms with Crippen LogP contribution in [0.4, 0.5) is 5.69 Å². The molecule has 8 heteroatoms. The highest BCUT2D eigenvalue weighted by molar-refractivity contribution is 6.06. The predicted octanol–water partition coefficient (Wildman–Crippen LogP) is 2.32. The number of pyridine rings is 1. The van der Waals surface area contributed by atoms with Crippen molar-refractivity contribution in [3.8, 4) is 0 Å². The molecule has 0 aliphatic carbocycles. The number of fused-ring (bicyclic) bond motifs is 1. The van der Waals surface area contributed by atoms with E-state index in [1.165, 1.54) is 0 Å². The van der Waals surface area contributed by atoms with Crippen molar-refractivity contribution in [3.05, 3.63) is 54.0 Å². The Hall–Kier alpha value is -3.26. The molecule has 1 aliphatic heterocycles. The number of anilines is 1. The highest BCUT2D eigenvalue weighted by atomic mass is 16.5. The first-order valence-corrected chi connectivity index (χ1v) is 9.66. The lowest BCUT2D eigenvalue weighted by Crippen LogP contribution is -2.21. The number of aromatic nitrogens is 3. The molecule has 1 saturated heterocycles. The molecule has 0 saturated carbocycles. The maximum absolute atomic E-state index is 12.8. The Bertz CT molecular complexity index is 1040. The zero-order chi connectivity index (χ0) is 20.2. The lowest BCUT2D eigenvalue weighted by Gasteiger charge is -2.23. The largest absolute Gasteiger partial charge is 0.381 e. The lowest BCUT2D eigenvalue weighted by atomic mass is 10.1. The fraction of sp³-hybridized carbons (Fsp3) is 0.333. The number of nitrogens with zero attached hydrogens (tertiary/aromatic N) is 3. The summed E-state index contributed by atoms with van der Waals surface area (Å²) in [6.07, 6.45) is 5.40. The SMILES string of the molecule is CNC(=O)Cc1ccccc1NC(=O)c1cnc2c(c1)ncn2C1CCOCC1. The summed E-state index contributed by atoms with van der Waals surface area (Å²) < 4.78 is 7.49. The van der Waals surface area contributed by atoms with Crippen molar-refractivity contribution < 1.29 is 14.3 Å². The molecule has 8 nitrogen and oxygen atoms in total. The van der Waals surface area contributed by atoms with Crippen LogP contribution in [0.3, 0.4) is 0 Å². The number of hydrogen-bond acceptors (Lipinski definition) is 5. The van der Waals surface area contributed by atoms with Crippen LogP contribution in [0.2, 0.25) is 0 Å². The standard InChI is InChI=1S/C21H23N5O3/c1-22-19(27)11-14-4-2-3-5-17(14)25-21(28)15-10-18-20(23-12-15)26(13-24-18)16-6-8-29-9-7-16/h2-5,10,12-13,16H,6-9,11H2,1H3,(H,22,27)(H,25,28). The molecular formula is C21H23N5O3. The van der Waals surface area contributed by atoms with Crippen LogP contribution in [0.1, 0.15) is 34.8 Å². The number of rotatable bonds is 5. The monoisotopic (exact) mass is 393 g/mol. The summed E-state index contributed by atoms with van der Waals surface area (Å²) in [6.45, 7) is 1.47. The molecule has 1 aliphatic rings. The number of nitrogens with one attached hydrogen (secondary N) is 2. The molecule has 0 bridgehead atoms. The summed E-state index contributed by atoms with van der Waals surface area (Å²) in [5.41, 5.74) is 3.23. The molecule has 4 rings (SSSR count). The summed E-state index contributed by atoms with van der Waals surface area (Å²) in [5.74, 6) is -0.405. The predicted molar refractivity (Wildman–Crippen MR) is 109 cm³/mol. The van der Waals surface area contributed by atoms with Crippen molar-refractivity contribution in [1.82, 2.24) is 19.9 Å². The maximum Gasteiger partial charge on any atom is 0.257 e. The van der Waals surface area contributed by atoms with Crippen molar-refractivity contribution >= 4 is 28.7 Å². The van der Waals surface area contributed by atoms with Gasteiger partial charge in [0.2, 0.25) is 5.91 Å². The molecule has 0 radical (unpaired) electrons. The van der Waals surface area contributed by atoms with Gasteiger partial charge in [-0.2, -0.15) is 0 Å². The molecule has 1 aromatic carbocycles. The average molecular weight is 393 g/mol. The minimum atomic E-state index is -0.288. The van der Waals surface area contributed by atoms with E-state index in [2.05, 4.69) is 25.2 Å².